The minimum atomic E-state index is -0.572. The van der Waals surface area contributed by atoms with Crippen LogP contribution in [-0.4, -0.2) is 54.9 Å². The van der Waals surface area contributed by atoms with E-state index >= 15 is 0 Å². The number of H-pyrrole nitrogens is 1. The molecule has 0 spiro atoms. The van der Waals surface area contributed by atoms with Gasteiger partial charge in [0.05, 0.1) is 26.2 Å². The van der Waals surface area contributed by atoms with Crippen molar-refractivity contribution in [1.29, 1.82) is 0 Å². The molecule has 29 heavy (non-hydrogen) atoms. The molecule has 1 fully saturated rings. The van der Waals surface area contributed by atoms with Gasteiger partial charge in [-0.2, -0.15) is 0 Å². The van der Waals surface area contributed by atoms with Crippen LogP contribution in [0.25, 0.3) is 0 Å². The van der Waals surface area contributed by atoms with Gasteiger partial charge in [0.2, 0.25) is 5.91 Å². The van der Waals surface area contributed by atoms with Gasteiger partial charge in [0.15, 0.2) is 0 Å². The van der Waals surface area contributed by atoms with Crippen LogP contribution in [0, 0.1) is 0 Å². The molecular formula is C19H23N5O5. The van der Waals surface area contributed by atoms with Crippen LogP contribution < -0.4 is 21.1 Å². The van der Waals surface area contributed by atoms with Gasteiger partial charge in [-0.15, -0.1) is 0 Å². The Morgan fingerprint density at radius 2 is 1.93 bits per heavy atom. The third-order valence-corrected chi connectivity index (χ3v) is 4.11. The zero-order valence-corrected chi connectivity index (χ0v) is 16.1. The third kappa shape index (κ3) is 6.04. The molecule has 3 N–H and O–H groups in total. The minimum Gasteiger partial charge on any atom is -0.450 e. The van der Waals surface area contributed by atoms with Crippen molar-refractivity contribution in [1.82, 2.24) is 9.97 Å². The second kappa shape index (κ2) is 9.69. The second-order valence-corrected chi connectivity index (χ2v) is 6.30. The molecule has 0 unspecified atom stereocenters. The number of anilines is 3. The van der Waals surface area contributed by atoms with Crippen LogP contribution in [0.1, 0.15) is 12.7 Å². The number of ether oxygens (including phenoxy) is 2. The Bertz CT molecular complexity index is 923. The summed E-state index contributed by atoms with van der Waals surface area (Å²) in [5, 5.41) is 5.30. The molecule has 1 aliphatic heterocycles. The van der Waals surface area contributed by atoms with Gasteiger partial charge in [0.1, 0.15) is 11.6 Å². The van der Waals surface area contributed by atoms with Crippen LogP contribution in [-0.2, 0) is 20.7 Å². The van der Waals surface area contributed by atoms with E-state index in [1.807, 2.05) is 4.90 Å². The summed E-state index contributed by atoms with van der Waals surface area (Å²) in [4.78, 5) is 44.8. The highest BCUT2D eigenvalue weighted by Crippen LogP contribution is 2.16. The first kappa shape index (κ1) is 20.3. The number of nitrogens with one attached hydrogen (secondary N) is 3. The van der Waals surface area contributed by atoms with E-state index in [0.29, 0.717) is 43.5 Å². The van der Waals surface area contributed by atoms with Gasteiger partial charge < -0.3 is 24.7 Å². The van der Waals surface area contributed by atoms with E-state index in [0.717, 1.165) is 0 Å². The third-order valence-electron chi connectivity index (χ3n) is 4.11. The molecule has 154 valence electrons. The fraction of sp³-hybridized carbons (Fsp3) is 0.368. The fourth-order valence-electron chi connectivity index (χ4n) is 2.85. The van der Waals surface area contributed by atoms with E-state index in [4.69, 9.17) is 9.47 Å². The molecule has 3 rings (SSSR count). The zero-order valence-electron chi connectivity index (χ0n) is 16.1. The van der Waals surface area contributed by atoms with Crippen LogP contribution in [0.2, 0.25) is 0 Å². The molecule has 0 saturated carbocycles. The highest BCUT2D eigenvalue weighted by Gasteiger charge is 2.15. The number of amides is 2. The molecule has 10 heteroatoms. The highest BCUT2D eigenvalue weighted by atomic mass is 16.5. The largest absolute Gasteiger partial charge is 0.450 e. The lowest BCUT2D eigenvalue weighted by Crippen LogP contribution is -2.37. The maximum atomic E-state index is 12.4. The molecular weight excluding hydrogens is 378 g/mol. The highest BCUT2D eigenvalue weighted by molar-refractivity contribution is 5.93. The molecule has 2 heterocycles. The standard InChI is InChI=1S/C19H23N5O5/c1-2-29-19(27)21-14-5-3-4-13(10-14)20-17(25)11-15-22-16(12-18(26)23-15)24-6-8-28-9-7-24/h3-5,10,12H,2,6-9,11H2,1H3,(H,20,25)(H,21,27)(H,22,23,26). The summed E-state index contributed by atoms with van der Waals surface area (Å²) in [6.07, 6.45) is -0.666. The Labute approximate surface area is 167 Å². The number of carbonyl (C=O) groups excluding carboxylic acids is 2. The summed E-state index contributed by atoms with van der Waals surface area (Å²) in [6, 6.07) is 8.08. The number of nitrogens with zero attached hydrogens (tertiary/aromatic N) is 2. The quantitative estimate of drug-likeness (QED) is 0.667. The SMILES string of the molecule is CCOC(=O)Nc1cccc(NC(=O)Cc2nc(N3CCOCC3)cc(=O)[nH]2)c1. The van der Waals surface area contributed by atoms with Crippen LogP contribution >= 0.6 is 0 Å². The van der Waals surface area contributed by atoms with Crippen molar-refractivity contribution in [3.05, 3.63) is 46.5 Å². The lowest BCUT2D eigenvalue weighted by atomic mass is 10.2. The predicted molar refractivity (Wildman–Crippen MR) is 107 cm³/mol. The number of carbonyl (C=O) groups is 2. The fourth-order valence-corrected chi connectivity index (χ4v) is 2.85. The number of aromatic nitrogens is 2. The van der Waals surface area contributed by atoms with Gasteiger partial charge in [-0.3, -0.25) is 14.9 Å². The van der Waals surface area contributed by atoms with E-state index in [9.17, 15) is 14.4 Å². The van der Waals surface area contributed by atoms with Crippen molar-refractivity contribution in [2.24, 2.45) is 0 Å². The first-order chi connectivity index (χ1) is 14.0. The van der Waals surface area contributed by atoms with Crippen LogP contribution in [0.4, 0.5) is 22.0 Å². The Morgan fingerprint density at radius 1 is 1.21 bits per heavy atom. The molecule has 0 atom stereocenters. The molecule has 1 aromatic heterocycles. The molecule has 0 radical (unpaired) electrons. The number of benzene rings is 1. The molecule has 2 amide bonds. The lowest BCUT2D eigenvalue weighted by Gasteiger charge is -2.27. The van der Waals surface area contributed by atoms with E-state index in [2.05, 4.69) is 20.6 Å². The normalized spacial score (nSPS) is 13.6. The lowest BCUT2D eigenvalue weighted by molar-refractivity contribution is -0.115. The van der Waals surface area contributed by atoms with Crippen LogP contribution in [0.3, 0.4) is 0 Å². The van der Waals surface area contributed by atoms with Crippen LogP contribution in [0.15, 0.2) is 35.1 Å². The summed E-state index contributed by atoms with van der Waals surface area (Å²) >= 11 is 0. The topological polar surface area (TPSA) is 126 Å². The van der Waals surface area contributed by atoms with Crippen molar-refractivity contribution in [2.45, 2.75) is 13.3 Å². The summed E-state index contributed by atoms with van der Waals surface area (Å²) in [7, 11) is 0. The molecule has 0 bridgehead atoms. The number of rotatable bonds is 6. The van der Waals surface area contributed by atoms with Crippen molar-refractivity contribution in [2.75, 3.05) is 48.4 Å². The van der Waals surface area contributed by atoms with Gasteiger partial charge in [0, 0.05) is 30.5 Å². The summed E-state index contributed by atoms with van der Waals surface area (Å²) in [6.45, 7) is 4.39. The maximum Gasteiger partial charge on any atom is 0.411 e. The van der Waals surface area contributed by atoms with E-state index in [1.165, 1.54) is 6.07 Å². The van der Waals surface area contributed by atoms with Crippen LogP contribution in [0.5, 0.6) is 0 Å². The molecule has 1 aliphatic rings. The predicted octanol–water partition coefficient (Wildman–Crippen LogP) is 1.36. The van der Waals surface area contributed by atoms with E-state index in [-0.39, 0.29) is 30.3 Å². The Hall–Kier alpha value is -3.40. The molecule has 10 nitrogen and oxygen atoms in total. The summed E-state index contributed by atoms with van der Waals surface area (Å²) in [5.74, 6) is 0.457. The van der Waals surface area contributed by atoms with Gasteiger partial charge in [-0.1, -0.05) is 6.07 Å². The first-order valence-corrected chi connectivity index (χ1v) is 9.30. The van der Waals surface area contributed by atoms with Crippen molar-refractivity contribution in [3.63, 3.8) is 0 Å². The Kier molecular flexibility index (Phi) is 6.80. The molecule has 2 aromatic rings. The number of morpholine rings is 1. The smallest absolute Gasteiger partial charge is 0.411 e. The molecule has 1 saturated heterocycles. The number of hydrogen-bond donors (Lipinski definition) is 3. The second-order valence-electron chi connectivity index (χ2n) is 6.30. The van der Waals surface area contributed by atoms with Gasteiger partial charge in [-0.25, -0.2) is 9.78 Å². The average molecular weight is 401 g/mol. The van der Waals surface area contributed by atoms with Crippen molar-refractivity contribution >= 4 is 29.2 Å². The molecule has 1 aromatic carbocycles. The monoisotopic (exact) mass is 401 g/mol. The summed E-state index contributed by atoms with van der Waals surface area (Å²) < 4.78 is 10.1. The van der Waals surface area contributed by atoms with Crippen molar-refractivity contribution in [3.8, 4) is 0 Å². The van der Waals surface area contributed by atoms with Gasteiger partial charge in [-0.05, 0) is 25.1 Å². The number of aromatic amines is 1. The average Bonchev–Trinajstić information content (AvgIpc) is 2.68. The maximum absolute atomic E-state index is 12.4. The van der Waals surface area contributed by atoms with Crippen molar-refractivity contribution < 1.29 is 19.1 Å². The van der Waals surface area contributed by atoms with Gasteiger partial charge in [0.25, 0.3) is 5.56 Å². The van der Waals surface area contributed by atoms with Gasteiger partial charge >= 0.3 is 6.09 Å². The first-order valence-electron chi connectivity index (χ1n) is 9.30. The minimum absolute atomic E-state index is 0.0943. The Morgan fingerprint density at radius 3 is 2.66 bits per heavy atom. The number of hydrogen-bond acceptors (Lipinski definition) is 7. The summed E-state index contributed by atoms with van der Waals surface area (Å²) in [5.41, 5.74) is 0.669. The van der Waals surface area contributed by atoms with E-state index in [1.54, 1.807) is 31.2 Å². The zero-order chi connectivity index (χ0) is 20.6. The Balaban J connectivity index is 1.64. The molecule has 0 aliphatic carbocycles. The van der Waals surface area contributed by atoms with E-state index < -0.39 is 6.09 Å².